The summed E-state index contributed by atoms with van der Waals surface area (Å²) in [4.78, 5) is 42.1. The van der Waals surface area contributed by atoms with Crippen molar-refractivity contribution in [2.75, 3.05) is 37.6 Å². The molecule has 1 atom stereocenters. The maximum absolute atomic E-state index is 13.0. The van der Waals surface area contributed by atoms with Gasteiger partial charge < -0.3 is 24.5 Å². The van der Waals surface area contributed by atoms with Crippen LogP contribution in [0.2, 0.25) is 0 Å². The van der Waals surface area contributed by atoms with Gasteiger partial charge >= 0.3 is 12.1 Å². The Hall–Kier alpha value is -2.77. The number of carboxylic acid groups (broad SMARTS) is 1. The third kappa shape index (κ3) is 4.68. The Labute approximate surface area is 177 Å². The van der Waals surface area contributed by atoms with Crippen LogP contribution >= 0.6 is 0 Å². The van der Waals surface area contributed by atoms with Gasteiger partial charge in [0, 0.05) is 44.0 Å². The summed E-state index contributed by atoms with van der Waals surface area (Å²) in [5.74, 6) is -1.19. The Morgan fingerprint density at radius 2 is 1.80 bits per heavy atom. The standard InChI is InChI=1S/C22H31N3O5/c1-5-18(20(27)28)25-9-8-15-6-7-16(14-17(15)19(25)26)23-10-12-24(13-11-23)21(29)30-22(2,3)4/h6-7,14,18H,5,8-13H2,1-4H3,(H,27,28). The average Bonchev–Trinajstić information content (AvgIpc) is 2.68. The molecule has 1 fully saturated rings. The molecule has 3 rings (SSSR count). The van der Waals surface area contributed by atoms with Crippen LogP contribution in [-0.2, 0) is 16.0 Å². The summed E-state index contributed by atoms with van der Waals surface area (Å²) in [7, 11) is 0. The van der Waals surface area contributed by atoms with E-state index < -0.39 is 17.6 Å². The third-order valence-corrected chi connectivity index (χ3v) is 5.55. The Morgan fingerprint density at radius 1 is 1.13 bits per heavy atom. The molecule has 8 heteroatoms. The number of carbonyl (C=O) groups excluding carboxylic acids is 2. The number of amides is 2. The highest BCUT2D eigenvalue weighted by atomic mass is 16.6. The third-order valence-electron chi connectivity index (χ3n) is 5.55. The molecule has 1 aromatic carbocycles. The quantitative estimate of drug-likeness (QED) is 0.810. The number of aliphatic carboxylic acids is 1. The van der Waals surface area contributed by atoms with Gasteiger partial charge in [-0.15, -0.1) is 0 Å². The fourth-order valence-electron chi connectivity index (χ4n) is 3.97. The highest BCUT2D eigenvalue weighted by Gasteiger charge is 2.33. The number of nitrogens with zero attached hydrogens (tertiary/aromatic N) is 3. The van der Waals surface area contributed by atoms with Crippen LogP contribution in [0.15, 0.2) is 18.2 Å². The molecule has 0 saturated carbocycles. The molecular formula is C22H31N3O5. The number of carboxylic acids is 1. The number of carbonyl (C=O) groups is 3. The van der Waals surface area contributed by atoms with Crippen molar-refractivity contribution >= 4 is 23.7 Å². The molecule has 0 aliphatic carbocycles. The molecule has 0 radical (unpaired) electrons. The second-order valence-electron chi connectivity index (χ2n) is 8.81. The van der Waals surface area contributed by atoms with Gasteiger partial charge in [0.25, 0.3) is 5.91 Å². The van der Waals surface area contributed by atoms with Crippen molar-refractivity contribution in [1.82, 2.24) is 9.80 Å². The first kappa shape index (κ1) is 21.9. The number of rotatable bonds is 4. The summed E-state index contributed by atoms with van der Waals surface area (Å²) >= 11 is 0. The van der Waals surface area contributed by atoms with Gasteiger partial charge in [-0.25, -0.2) is 9.59 Å². The Bertz CT molecular complexity index is 825. The van der Waals surface area contributed by atoms with E-state index in [1.807, 2.05) is 39.0 Å². The minimum atomic E-state index is -0.969. The maximum Gasteiger partial charge on any atom is 0.410 e. The van der Waals surface area contributed by atoms with Crippen molar-refractivity contribution < 1.29 is 24.2 Å². The molecule has 8 nitrogen and oxygen atoms in total. The molecule has 0 aromatic heterocycles. The molecule has 1 aromatic rings. The number of ether oxygens (including phenoxy) is 1. The van der Waals surface area contributed by atoms with Crippen molar-refractivity contribution in [3.63, 3.8) is 0 Å². The van der Waals surface area contributed by atoms with Crippen LogP contribution in [0.3, 0.4) is 0 Å². The molecular weight excluding hydrogens is 386 g/mol. The van der Waals surface area contributed by atoms with E-state index in [2.05, 4.69) is 4.90 Å². The second-order valence-corrected chi connectivity index (χ2v) is 8.81. The fraction of sp³-hybridized carbons (Fsp3) is 0.591. The highest BCUT2D eigenvalue weighted by Crippen LogP contribution is 2.27. The Morgan fingerprint density at radius 3 is 2.37 bits per heavy atom. The van der Waals surface area contributed by atoms with E-state index in [0.717, 1.165) is 11.3 Å². The number of benzene rings is 1. The van der Waals surface area contributed by atoms with Crippen molar-refractivity contribution in [3.05, 3.63) is 29.3 Å². The van der Waals surface area contributed by atoms with Crippen LogP contribution in [0.4, 0.5) is 10.5 Å². The lowest BCUT2D eigenvalue weighted by atomic mass is 9.96. The number of hydrogen-bond donors (Lipinski definition) is 1. The molecule has 0 bridgehead atoms. The second kappa shape index (κ2) is 8.53. The summed E-state index contributed by atoms with van der Waals surface area (Å²) < 4.78 is 5.44. The van der Waals surface area contributed by atoms with Crippen molar-refractivity contribution in [2.45, 2.75) is 52.2 Å². The van der Waals surface area contributed by atoms with Gasteiger partial charge in [0.05, 0.1) is 0 Å². The molecule has 1 unspecified atom stereocenters. The molecule has 1 N–H and O–H groups in total. The molecule has 2 aliphatic heterocycles. The largest absolute Gasteiger partial charge is 0.480 e. The highest BCUT2D eigenvalue weighted by molar-refractivity contribution is 5.99. The van der Waals surface area contributed by atoms with Crippen LogP contribution in [-0.4, -0.2) is 77.2 Å². The lowest BCUT2D eigenvalue weighted by molar-refractivity contribution is -0.142. The lowest BCUT2D eigenvalue weighted by Crippen LogP contribution is -2.50. The van der Waals surface area contributed by atoms with Crippen LogP contribution in [0.25, 0.3) is 0 Å². The minimum Gasteiger partial charge on any atom is -0.480 e. The van der Waals surface area contributed by atoms with Crippen molar-refractivity contribution in [3.8, 4) is 0 Å². The van der Waals surface area contributed by atoms with E-state index >= 15 is 0 Å². The molecule has 1 saturated heterocycles. The Balaban J connectivity index is 1.70. The summed E-state index contributed by atoms with van der Waals surface area (Å²) in [6.07, 6.45) is 0.720. The number of anilines is 1. The first-order valence-electron chi connectivity index (χ1n) is 10.5. The van der Waals surface area contributed by atoms with E-state index in [1.54, 1.807) is 11.8 Å². The van der Waals surface area contributed by atoms with Crippen LogP contribution in [0.5, 0.6) is 0 Å². The fourth-order valence-corrected chi connectivity index (χ4v) is 3.97. The average molecular weight is 418 g/mol. The van der Waals surface area contributed by atoms with Gasteiger partial charge in [0.2, 0.25) is 0 Å². The topological polar surface area (TPSA) is 90.4 Å². The monoisotopic (exact) mass is 417 g/mol. The SMILES string of the molecule is CCC(C(=O)O)N1CCc2ccc(N3CCN(C(=O)OC(C)(C)C)CC3)cc2C1=O. The van der Waals surface area contributed by atoms with Crippen molar-refractivity contribution in [2.24, 2.45) is 0 Å². The number of hydrogen-bond acceptors (Lipinski definition) is 5. The van der Waals surface area contributed by atoms with E-state index in [9.17, 15) is 19.5 Å². The molecule has 2 amide bonds. The van der Waals surface area contributed by atoms with Crippen LogP contribution in [0.1, 0.15) is 50.0 Å². The summed E-state index contributed by atoms with van der Waals surface area (Å²) in [6, 6.07) is 5.02. The van der Waals surface area contributed by atoms with Gasteiger partial charge in [0.1, 0.15) is 11.6 Å². The molecule has 0 spiro atoms. The summed E-state index contributed by atoms with van der Waals surface area (Å²) in [6.45, 7) is 10.1. The van der Waals surface area contributed by atoms with Crippen molar-refractivity contribution in [1.29, 1.82) is 0 Å². The van der Waals surface area contributed by atoms with E-state index in [1.165, 1.54) is 4.90 Å². The summed E-state index contributed by atoms with van der Waals surface area (Å²) in [5.41, 5.74) is 1.92. The smallest absolute Gasteiger partial charge is 0.410 e. The van der Waals surface area contributed by atoms with E-state index in [-0.39, 0.29) is 12.0 Å². The van der Waals surface area contributed by atoms with Crippen LogP contribution < -0.4 is 4.90 Å². The lowest BCUT2D eigenvalue weighted by Gasteiger charge is -2.37. The van der Waals surface area contributed by atoms with Gasteiger partial charge in [-0.3, -0.25) is 4.79 Å². The van der Waals surface area contributed by atoms with Gasteiger partial charge in [-0.2, -0.15) is 0 Å². The first-order valence-corrected chi connectivity index (χ1v) is 10.5. The molecule has 2 aliphatic rings. The zero-order valence-corrected chi connectivity index (χ0v) is 18.2. The number of fused-ring (bicyclic) bond motifs is 1. The molecule has 2 heterocycles. The van der Waals surface area contributed by atoms with Crippen LogP contribution in [0, 0.1) is 0 Å². The zero-order chi connectivity index (χ0) is 22.1. The van der Waals surface area contributed by atoms with E-state index in [4.69, 9.17) is 4.74 Å². The van der Waals surface area contributed by atoms with Gasteiger partial charge in [-0.05, 0) is 51.3 Å². The normalized spacial score (nSPS) is 18.1. The minimum absolute atomic E-state index is 0.222. The first-order chi connectivity index (χ1) is 14.1. The number of piperazine rings is 1. The summed E-state index contributed by atoms with van der Waals surface area (Å²) in [5, 5.41) is 9.45. The van der Waals surface area contributed by atoms with E-state index in [0.29, 0.717) is 51.1 Å². The Kier molecular flexibility index (Phi) is 6.24. The van der Waals surface area contributed by atoms with Gasteiger partial charge in [0.15, 0.2) is 0 Å². The predicted octanol–water partition coefficient (Wildman–Crippen LogP) is 2.61. The predicted molar refractivity (Wildman–Crippen MR) is 113 cm³/mol. The molecule has 164 valence electrons. The molecule has 30 heavy (non-hydrogen) atoms. The van der Waals surface area contributed by atoms with Gasteiger partial charge in [-0.1, -0.05) is 13.0 Å². The zero-order valence-electron chi connectivity index (χ0n) is 18.2. The maximum atomic E-state index is 13.0.